The molecule has 11 heteroatoms. The molecule has 0 fully saturated rings. The summed E-state index contributed by atoms with van der Waals surface area (Å²) >= 11 is 5.77. The van der Waals surface area contributed by atoms with Crippen LogP contribution in [0.15, 0.2) is 76.7 Å². The van der Waals surface area contributed by atoms with E-state index < -0.39 is 26.5 Å². The highest BCUT2D eigenvalue weighted by Crippen LogP contribution is 2.28. The Morgan fingerprint density at radius 2 is 1.77 bits per heavy atom. The standard InChI is InChI=1S/C19H14ClFN4O4S/c20-14-5-7-15(8-6-14)24-30(28,29)16-9-10-18(19(11-16)25(26)27)23-22-12-13-3-1-2-4-17(13)21/h1-12,23-24H/b22-12+. The van der Waals surface area contributed by atoms with Crippen LogP contribution in [-0.2, 0) is 10.0 Å². The van der Waals surface area contributed by atoms with Gasteiger partial charge in [0.05, 0.1) is 16.0 Å². The van der Waals surface area contributed by atoms with E-state index in [1.54, 1.807) is 6.07 Å². The number of benzene rings is 3. The van der Waals surface area contributed by atoms with Gasteiger partial charge >= 0.3 is 0 Å². The Morgan fingerprint density at radius 1 is 1.07 bits per heavy atom. The van der Waals surface area contributed by atoms with Crippen LogP contribution in [0.3, 0.4) is 0 Å². The van der Waals surface area contributed by atoms with Gasteiger partial charge in [-0.3, -0.25) is 20.3 Å². The van der Waals surface area contributed by atoms with Crippen LogP contribution in [0, 0.1) is 15.9 Å². The smallest absolute Gasteiger partial charge is 0.280 e. The largest absolute Gasteiger partial charge is 0.295 e. The molecule has 0 spiro atoms. The zero-order chi connectivity index (χ0) is 21.7. The predicted molar refractivity (Wildman–Crippen MR) is 113 cm³/mol. The summed E-state index contributed by atoms with van der Waals surface area (Å²) in [5.74, 6) is -0.507. The Morgan fingerprint density at radius 3 is 2.43 bits per heavy atom. The van der Waals surface area contributed by atoms with Crippen molar-refractivity contribution in [3.63, 3.8) is 0 Å². The van der Waals surface area contributed by atoms with Crippen molar-refractivity contribution in [2.24, 2.45) is 5.10 Å². The third-order valence-electron chi connectivity index (χ3n) is 3.87. The molecule has 0 radical (unpaired) electrons. The zero-order valence-corrected chi connectivity index (χ0v) is 16.7. The van der Waals surface area contributed by atoms with Crippen molar-refractivity contribution in [3.05, 3.63) is 93.2 Å². The van der Waals surface area contributed by atoms with Crippen molar-refractivity contribution >= 4 is 44.9 Å². The number of hydrogen-bond donors (Lipinski definition) is 2. The van der Waals surface area contributed by atoms with Crippen LogP contribution in [0.5, 0.6) is 0 Å². The van der Waals surface area contributed by atoms with E-state index in [-0.39, 0.29) is 21.8 Å². The predicted octanol–water partition coefficient (Wildman–Crippen LogP) is 4.63. The Balaban J connectivity index is 1.85. The molecule has 154 valence electrons. The average Bonchev–Trinajstić information content (AvgIpc) is 2.71. The number of hydrazone groups is 1. The second-order valence-electron chi connectivity index (χ2n) is 5.94. The first-order chi connectivity index (χ1) is 14.3. The SMILES string of the molecule is O=[N+]([O-])c1cc(S(=O)(=O)Nc2ccc(Cl)cc2)ccc1N/N=C/c1ccccc1F. The molecule has 0 aliphatic rings. The highest BCUT2D eigenvalue weighted by atomic mass is 35.5. The van der Waals surface area contributed by atoms with Crippen LogP contribution in [-0.4, -0.2) is 19.6 Å². The van der Waals surface area contributed by atoms with Crippen molar-refractivity contribution in [1.82, 2.24) is 0 Å². The number of nitrogens with one attached hydrogen (secondary N) is 2. The molecule has 0 amide bonds. The average molecular weight is 449 g/mol. The molecule has 0 heterocycles. The molecule has 2 N–H and O–H groups in total. The molecule has 0 atom stereocenters. The lowest BCUT2D eigenvalue weighted by atomic mass is 10.2. The number of nitro benzene ring substituents is 1. The van der Waals surface area contributed by atoms with Gasteiger partial charge in [0.2, 0.25) is 0 Å². The minimum atomic E-state index is -4.08. The van der Waals surface area contributed by atoms with E-state index in [4.69, 9.17) is 11.6 Å². The molecule has 0 bridgehead atoms. The number of rotatable bonds is 7. The lowest BCUT2D eigenvalue weighted by Gasteiger charge is -2.09. The number of nitro groups is 1. The van der Waals surface area contributed by atoms with Crippen LogP contribution in [0.25, 0.3) is 0 Å². The van der Waals surface area contributed by atoms with Crippen LogP contribution >= 0.6 is 11.6 Å². The molecule has 0 aliphatic carbocycles. The van der Waals surface area contributed by atoms with Gasteiger partial charge in [0.25, 0.3) is 15.7 Å². The quantitative estimate of drug-likeness (QED) is 0.310. The Labute approximate surface area is 176 Å². The molecule has 0 saturated heterocycles. The third kappa shape index (κ3) is 5.10. The highest BCUT2D eigenvalue weighted by Gasteiger charge is 2.21. The van der Waals surface area contributed by atoms with Gasteiger partial charge in [0.1, 0.15) is 11.5 Å². The highest BCUT2D eigenvalue weighted by molar-refractivity contribution is 7.92. The summed E-state index contributed by atoms with van der Waals surface area (Å²) in [6.07, 6.45) is 1.16. The minimum absolute atomic E-state index is 0.0574. The summed E-state index contributed by atoms with van der Waals surface area (Å²) in [6.45, 7) is 0. The van der Waals surface area contributed by atoms with Gasteiger partial charge in [-0.25, -0.2) is 12.8 Å². The first-order valence-electron chi connectivity index (χ1n) is 8.37. The Kier molecular flexibility index (Phi) is 6.28. The molecule has 3 rings (SSSR count). The Bertz CT molecular complexity index is 1220. The van der Waals surface area contributed by atoms with Gasteiger partial charge in [0.15, 0.2) is 0 Å². The van der Waals surface area contributed by atoms with E-state index in [1.807, 2.05) is 0 Å². The summed E-state index contributed by atoms with van der Waals surface area (Å²) in [5.41, 5.74) is 2.29. The van der Waals surface area contributed by atoms with E-state index in [1.165, 1.54) is 54.6 Å². The summed E-state index contributed by atoms with van der Waals surface area (Å²) < 4.78 is 41.0. The van der Waals surface area contributed by atoms with Gasteiger partial charge in [-0.05, 0) is 42.5 Å². The van der Waals surface area contributed by atoms with E-state index in [0.29, 0.717) is 5.02 Å². The number of anilines is 2. The van der Waals surface area contributed by atoms with E-state index in [0.717, 1.165) is 12.3 Å². The van der Waals surface area contributed by atoms with Crippen molar-refractivity contribution < 1.29 is 17.7 Å². The molecule has 3 aromatic carbocycles. The van der Waals surface area contributed by atoms with E-state index in [2.05, 4.69) is 15.2 Å². The fraction of sp³-hybridized carbons (Fsp3) is 0. The second-order valence-corrected chi connectivity index (χ2v) is 8.06. The maximum absolute atomic E-state index is 13.6. The lowest BCUT2D eigenvalue weighted by molar-refractivity contribution is -0.384. The van der Waals surface area contributed by atoms with Gasteiger partial charge in [-0.15, -0.1) is 0 Å². The van der Waals surface area contributed by atoms with Gasteiger partial charge in [0, 0.05) is 22.3 Å². The molecule has 0 saturated carbocycles. The normalized spacial score (nSPS) is 11.4. The molecule has 0 aliphatic heterocycles. The van der Waals surface area contributed by atoms with Gasteiger partial charge in [-0.2, -0.15) is 5.10 Å². The minimum Gasteiger partial charge on any atom is -0.280 e. The number of sulfonamides is 1. The molecule has 0 aromatic heterocycles. The van der Waals surface area contributed by atoms with Gasteiger partial charge < -0.3 is 0 Å². The molecule has 30 heavy (non-hydrogen) atoms. The molecular weight excluding hydrogens is 435 g/mol. The fourth-order valence-corrected chi connectivity index (χ4v) is 3.61. The summed E-state index contributed by atoms with van der Waals surface area (Å²) in [6, 6.07) is 15.1. The summed E-state index contributed by atoms with van der Waals surface area (Å²) in [4.78, 5) is 10.3. The number of hydrogen-bond acceptors (Lipinski definition) is 6. The van der Waals surface area contributed by atoms with Gasteiger partial charge in [-0.1, -0.05) is 29.8 Å². The maximum Gasteiger partial charge on any atom is 0.295 e. The zero-order valence-electron chi connectivity index (χ0n) is 15.1. The third-order valence-corrected chi connectivity index (χ3v) is 5.50. The van der Waals surface area contributed by atoms with Crippen molar-refractivity contribution in [1.29, 1.82) is 0 Å². The topological polar surface area (TPSA) is 114 Å². The first-order valence-corrected chi connectivity index (χ1v) is 10.2. The summed E-state index contributed by atoms with van der Waals surface area (Å²) in [5, 5.41) is 15.6. The van der Waals surface area contributed by atoms with Crippen LogP contribution in [0.2, 0.25) is 5.02 Å². The second kappa shape index (κ2) is 8.89. The molecular formula is C19H14ClFN4O4S. The maximum atomic E-state index is 13.6. The lowest BCUT2D eigenvalue weighted by Crippen LogP contribution is -2.13. The van der Waals surface area contributed by atoms with E-state index in [9.17, 15) is 22.9 Å². The van der Waals surface area contributed by atoms with Crippen molar-refractivity contribution in [3.8, 4) is 0 Å². The van der Waals surface area contributed by atoms with Crippen LogP contribution in [0.1, 0.15) is 5.56 Å². The monoisotopic (exact) mass is 448 g/mol. The van der Waals surface area contributed by atoms with Crippen LogP contribution < -0.4 is 10.1 Å². The molecule has 0 unspecified atom stereocenters. The Hall–Kier alpha value is -3.50. The first kappa shape index (κ1) is 21.2. The summed E-state index contributed by atoms with van der Waals surface area (Å²) in [7, 11) is -4.08. The van der Waals surface area contributed by atoms with Crippen LogP contribution in [0.4, 0.5) is 21.5 Å². The fourth-order valence-electron chi connectivity index (χ4n) is 2.41. The number of halogens is 2. The van der Waals surface area contributed by atoms with E-state index >= 15 is 0 Å². The van der Waals surface area contributed by atoms with Crippen molar-refractivity contribution in [2.75, 3.05) is 10.1 Å². The van der Waals surface area contributed by atoms with Crippen molar-refractivity contribution in [2.45, 2.75) is 4.90 Å². The molecule has 8 nitrogen and oxygen atoms in total. The number of nitrogens with zero attached hydrogens (tertiary/aromatic N) is 2. The molecule has 3 aromatic rings.